The molecule has 0 saturated heterocycles. The van der Waals surface area contributed by atoms with Crippen molar-refractivity contribution in [3.63, 3.8) is 0 Å². The molecule has 0 unspecified atom stereocenters. The number of hydrogen-bond donors (Lipinski definition) is 0. The van der Waals surface area contributed by atoms with Gasteiger partial charge in [0.1, 0.15) is 16.5 Å². The summed E-state index contributed by atoms with van der Waals surface area (Å²) in [6.45, 7) is 4.08. The van der Waals surface area contributed by atoms with Gasteiger partial charge in [0.15, 0.2) is 0 Å². The zero-order valence-corrected chi connectivity index (χ0v) is 17.2. The summed E-state index contributed by atoms with van der Waals surface area (Å²) in [6.07, 6.45) is 3.27. The van der Waals surface area contributed by atoms with Crippen LogP contribution in [0.1, 0.15) is 22.6 Å². The maximum atomic E-state index is 5.73. The second kappa shape index (κ2) is 9.61. The fourth-order valence-electron chi connectivity index (χ4n) is 2.50. The van der Waals surface area contributed by atoms with Gasteiger partial charge < -0.3 is 4.42 Å². The van der Waals surface area contributed by atoms with Crippen molar-refractivity contribution in [3.8, 4) is 0 Å². The summed E-state index contributed by atoms with van der Waals surface area (Å²) in [5.74, 6) is 1.23. The van der Waals surface area contributed by atoms with Crippen molar-refractivity contribution in [2.24, 2.45) is 10.2 Å². The topological polar surface area (TPSA) is 44.3 Å². The van der Waals surface area contributed by atoms with Gasteiger partial charge >= 0.3 is 0 Å². The summed E-state index contributed by atoms with van der Waals surface area (Å²) in [7, 11) is 3.65. The number of hydrogen-bond acceptors (Lipinski definition) is 5. The Kier molecular flexibility index (Phi) is 6.71. The molecule has 0 radical (unpaired) electrons. The monoisotopic (exact) mass is 402 g/mol. The number of benzene rings is 2. The lowest BCUT2D eigenvalue weighted by Crippen LogP contribution is -2.20. The van der Waals surface area contributed by atoms with E-state index in [9.17, 15) is 0 Å². The highest BCUT2D eigenvalue weighted by molar-refractivity contribution is 7.80. The molecule has 0 atom stereocenters. The summed E-state index contributed by atoms with van der Waals surface area (Å²) in [4.78, 5) is 0.635. The molecule has 0 aliphatic rings. The molecule has 0 aliphatic heterocycles. The van der Waals surface area contributed by atoms with Crippen LogP contribution in [0.2, 0.25) is 0 Å². The Bertz CT molecular complexity index is 943. The Balaban J connectivity index is 1.60. The van der Waals surface area contributed by atoms with E-state index in [4.69, 9.17) is 16.6 Å². The SMILES string of the molecule is C=C(c1ccccc1)N(C)/N=C/c1ccc(/C=N/N(C)C(=S)c2ccccc2)o1. The Morgan fingerprint density at radius 3 is 1.83 bits per heavy atom. The molecule has 146 valence electrons. The molecule has 0 amide bonds. The fraction of sp³-hybridized carbons (Fsp3) is 0.0870. The summed E-state index contributed by atoms with van der Waals surface area (Å²) in [6, 6.07) is 23.3. The molecule has 1 heterocycles. The molecule has 0 saturated carbocycles. The summed E-state index contributed by atoms with van der Waals surface area (Å²) >= 11 is 5.45. The van der Waals surface area contributed by atoms with E-state index >= 15 is 0 Å². The smallest absolute Gasteiger partial charge is 0.147 e. The first kappa shape index (κ1) is 20.2. The average Bonchev–Trinajstić information content (AvgIpc) is 3.23. The molecule has 0 fully saturated rings. The van der Waals surface area contributed by atoms with Crippen molar-refractivity contribution in [3.05, 3.63) is 102 Å². The molecule has 6 heteroatoms. The molecule has 2 aromatic carbocycles. The van der Waals surface area contributed by atoms with Gasteiger partial charge in [-0.3, -0.25) is 10.0 Å². The zero-order chi connectivity index (χ0) is 20.6. The maximum absolute atomic E-state index is 5.73. The van der Waals surface area contributed by atoms with Crippen LogP contribution in [-0.2, 0) is 0 Å². The number of thiocarbonyl (C=S) groups is 1. The van der Waals surface area contributed by atoms with Crippen LogP contribution in [0.3, 0.4) is 0 Å². The van der Waals surface area contributed by atoms with Gasteiger partial charge in [0, 0.05) is 19.7 Å². The van der Waals surface area contributed by atoms with E-state index in [-0.39, 0.29) is 0 Å². The van der Waals surface area contributed by atoms with Crippen LogP contribution < -0.4 is 0 Å². The molecule has 3 rings (SSSR count). The Morgan fingerprint density at radius 1 is 0.793 bits per heavy atom. The van der Waals surface area contributed by atoms with Crippen LogP contribution in [0.15, 0.2) is 94.0 Å². The second-order valence-corrected chi connectivity index (χ2v) is 6.65. The van der Waals surface area contributed by atoms with Crippen molar-refractivity contribution >= 4 is 35.3 Å². The van der Waals surface area contributed by atoms with E-state index in [0.29, 0.717) is 16.5 Å². The molecular weight excluding hydrogens is 380 g/mol. The number of furan rings is 1. The minimum atomic E-state index is 0.610. The van der Waals surface area contributed by atoms with Crippen LogP contribution in [-0.4, -0.2) is 41.5 Å². The molecule has 0 N–H and O–H groups in total. The van der Waals surface area contributed by atoms with Gasteiger partial charge in [-0.15, -0.1) is 0 Å². The van der Waals surface area contributed by atoms with Gasteiger partial charge in [-0.2, -0.15) is 10.2 Å². The molecule has 3 aromatic rings. The number of nitrogens with zero attached hydrogens (tertiary/aromatic N) is 4. The Morgan fingerprint density at radius 2 is 1.28 bits per heavy atom. The van der Waals surface area contributed by atoms with Crippen molar-refractivity contribution < 1.29 is 4.42 Å². The minimum Gasteiger partial charge on any atom is -0.454 e. The van der Waals surface area contributed by atoms with E-state index in [2.05, 4.69) is 16.8 Å². The minimum absolute atomic E-state index is 0.610. The van der Waals surface area contributed by atoms with E-state index in [1.165, 1.54) is 0 Å². The Labute approximate surface area is 176 Å². The van der Waals surface area contributed by atoms with Crippen molar-refractivity contribution in [2.75, 3.05) is 14.1 Å². The lowest BCUT2D eigenvalue weighted by molar-refractivity contribution is 0.510. The third-order valence-corrected chi connectivity index (χ3v) is 4.68. The first-order chi connectivity index (χ1) is 14.0. The predicted molar refractivity (Wildman–Crippen MR) is 123 cm³/mol. The highest BCUT2D eigenvalue weighted by Gasteiger charge is 2.06. The third kappa shape index (κ3) is 5.49. The van der Waals surface area contributed by atoms with E-state index in [1.54, 1.807) is 29.5 Å². The first-order valence-corrected chi connectivity index (χ1v) is 9.44. The highest BCUT2D eigenvalue weighted by atomic mass is 32.1. The van der Waals surface area contributed by atoms with Gasteiger partial charge in [0.25, 0.3) is 0 Å². The maximum Gasteiger partial charge on any atom is 0.147 e. The summed E-state index contributed by atoms with van der Waals surface area (Å²) < 4.78 is 5.73. The Hall–Kier alpha value is -3.51. The molecular formula is C23H22N4OS. The summed E-state index contributed by atoms with van der Waals surface area (Å²) in [5.41, 5.74) is 2.75. The number of hydrazone groups is 2. The van der Waals surface area contributed by atoms with Crippen LogP contribution >= 0.6 is 12.2 Å². The largest absolute Gasteiger partial charge is 0.454 e. The lowest BCUT2D eigenvalue weighted by Gasteiger charge is -2.15. The molecule has 0 bridgehead atoms. The zero-order valence-electron chi connectivity index (χ0n) is 16.4. The van der Waals surface area contributed by atoms with Crippen LogP contribution in [0.5, 0.6) is 0 Å². The second-order valence-electron chi connectivity index (χ2n) is 6.26. The van der Waals surface area contributed by atoms with Gasteiger partial charge in [-0.1, -0.05) is 79.5 Å². The van der Waals surface area contributed by atoms with Gasteiger partial charge in [-0.25, -0.2) is 0 Å². The molecule has 1 aromatic heterocycles. The highest BCUT2D eigenvalue weighted by Crippen LogP contribution is 2.15. The van der Waals surface area contributed by atoms with Crippen molar-refractivity contribution in [1.29, 1.82) is 0 Å². The van der Waals surface area contributed by atoms with Crippen LogP contribution in [0.25, 0.3) is 5.70 Å². The fourth-order valence-corrected chi connectivity index (χ4v) is 2.68. The van der Waals surface area contributed by atoms with E-state index in [0.717, 1.165) is 16.8 Å². The molecule has 5 nitrogen and oxygen atoms in total. The number of rotatable bonds is 7. The van der Waals surface area contributed by atoms with Gasteiger partial charge in [0.2, 0.25) is 0 Å². The quantitative estimate of drug-likeness (QED) is 0.322. The van der Waals surface area contributed by atoms with Crippen LogP contribution in [0.4, 0.5) is 0 Å². The molecule has 0 spiro atoms. The normalized spacial score (nSPS) is 11.1. The van der Waals surface area contributed by atoms with Crippen molar-refractivity contribution in [1.82, 2.24) is 10.0 Å². The summed E-state index contributed by atoms with van der Waals surface area (Å²) in [5, 5.41) is 12.1. The third-order valence-electron chi connectivity index (χ3n) is 4.18. The van der Waals surface area contributed by atoms with Crippen LogP contribution in [0, 0.1) is 0 Å². The van der Waals surface area contributed by atoms with E-state index < -0.39 is 0 Å². The van der Waals surface area contributed by atoms with E-state index in [1.807, 2.05) is 79.8 Å². The van der Waals surface area contributed by atoms with Crippen molar-refractivity contribution in [2.45, 2.75) is 0 Å². The lowest BCUT2D eigenvalue weighted by atomic mass is 10.2. The first-order valence-electron chi connectivity index (χ1n) is 9.03. The molecule has 0 aliphatic carbocycles. The standard InChI is InChI=1S/C23H22N4OS/c1-18(19-10-6-4-7-11-19)26(2)24-16-21-14-15-22(28-21)17-25-27(3)23(29)20-12-8-5-9-13-20/h4-17H,1H2,2-3H3/b24-16+,25-17+. The van der Waals surface area contributed by atoms with Gasteiger partial charge in [-0.05, 0) is 17.7 Å². The predicted octanol–water partition coefficient (Wildman–Crippen LogP) is 4.86. The average molecular weight is 403 g/mol. The van der Waals surface area contributed by atoms with Gasteiger partial charge in [0.05, 0.1) is 18.1 Å². The molecule has 29 heavy (non-hydrogen) atoms.